The molecular weight excluding hydrogens is 317 g/mol. The number of halogens is 1. The van der Waals surface area contributed by atoms with Gasteiger partial charge < -0.3 is 5.11 Å². The Kier molecular flexibility index (Phi) is 4.29. The first-order chi connectivity index (χ1) is 9.78. The molecule has 5 nitrogen and oxygen atoms in total. The second kappa shape index (κ2) is 5.82. The van der Waals surface area contributed by atoms with Gasteiger partial charge in [0.15, 0.2) is 0 Å². The lowest BCUT2D eigenvalue weighted by Crippen LogP contribution is -2.12. The Morgan fingerprint density at radius 1 is 1.33 bits per heavy atom. The average molecular weight is 329 g/mol. The summed E-state index contributed by atoms with van der Waals surface area (Å²) >= 11 is 0.891. The first kappa shape index (κ1) is 15.5. The van der Waals surface area contributed by atoms with Gasteiger partial charge in [-0.15, -0.1) is 11.3 Å². The van der Waals surface area contributed by atoms with Gasteiger partial charge in [-0.3, -0.25) is 9.52 Å². The number of anilines is 1. The first-order valence-electron chi connectivity index (χ1n) is 5.87. The van der Waals surface area contributed by atoms with E-state index in [1.165, 1.54) is 24.3 Å². The number of aryl methyl sites for hydroxylation is 1. The molecule has 0 fully saturated rings. The molecule has 0 saturated heterocycles. The van der Waals surface area contributed by atoms with Crippen LogP contribution in [0.25, 0.3) is 0 Å². The number of carboxylic acids is 1. The van der Waals surface area contributed by atoms with Crippen LogP contribution in [0.2, 0.25) is 0 Å². The summed E-state index contributed by atoms with van der Waals surface area (Å²) in [5.41, 5.74) is 0.741. The van der Waals surface area contributed by atoms with E-state index in [4.69, 9.17) is 5.11 Å². The van der Waals surface area contributed by atoms with Crippen molar-refractivity contribution in [1.82, 2.24) is 0 Å². The Hall–Kier alpha value is -1.93. The Morgan fingerprint density at radius 2 is 2.05 bits per heavy atom. The van der Waals surface area contributed by atoms with Gasteiger partial charge in [0.1, 0.15) is 10.0 Å². The van der Waals surface area contributed by atoms with Crippen LogP contribution in [0.1, 0.15) is 10.4 Å². The molecule has 1 aromatic heterocycles. The highest BCUT2D eigenvalue weighted by molar-refractivity contribution is 7.94. The summed E-state index contributed by atoms with van der Waals surface area (Å²) in [5, 5.41) is 8.68. The maximum atomic E-state index is 13.0. The quantitative estimate of drug-likeness (QED) is 0.883. The lowest BCUT2D eigenvalue weighted by Gasteiger charge is -2.09. The van der Waals surface area contributed by atoms with Gasteiger partial charge >= 0.3 is 5.97 Å². The third kappa shape index (κ3) is 3.79. The van der Waals surface area contributed by atoms with E-state index in [0.717, 1.165) is 17.4 Å². The molecule has 0 spiro atoms. The zero-order valence-electron chi connectivity index (χ0n) is 11.0. The van der Waals surface area contributed by atoms with Crippen LogP contribution in [0.4, 0.5) is 10.1 Å². The second-order valence-electron chi connectivity index (χ2n) is 4.36. The number of benzene rings is 1. The van der Waals surface area contributed by atoms with Crippen molar-refractivity contribution < 1.29 is 22.7 Å². The molecule has 0 aliphatic heterocycles. The van der Waals surface area contributed by atoms with Gasteiger partial charge in [0, 0.05) is 4.88 Å². The van der Waals surface area contributed by atoms with E-state index in [2.05, 4.69) is 4.72 Å². The molecule has 2 aromatic rings. The third-order valence-electron chi connectivity index (χ3n) is 2.66. The molecule has 0 unspecified atom stereocenters. The van der Waals surface area contributed by atoms with Crippen LogP contribution in [0.5, 0.6) is 0 Å². The number of aliphatic carboxylic acids is 1. The minimum Gasteiger partial charge on any atom is -0.481 e. The Bertz CT molecular complexity index is 783. The summed E-state index contributed by atoms with van der Waals surface area (Å²) in [7, 11) is -3.81. The van der Waals surface area contributed by atoms with E-state index in [0.29, 0.717) is 10.4 Å². The van der Waals surface area contributed by atoms with E-state index in [1.54, 1.807) is 6.92 Å². The van der Waals surface area contributed by atoms with Crippen LogP contribution in [0.15, 0.2) is 34.5 Å². The Morgan fingerprint density at radius 3 is 2.67 bits per heavy atom. The van der Waals surface area contributed by atoms with E-state index in [1.807, 2.05) is 0 Å². The lowest BCUT2D eigenvalue weighted by atomic mass is 10.2. The number of hydrogen-bond donors (Lipinski definition) is 2. The van der Waals surface area contributed by atoms with Crippen LogP contribution < -0.4 is 4.72 Å². The Balaban J connectivity index is 2.25. The molecular formula is C13H12FNO4S2. The average Bonchev–Trinajstić information content (AvgIpc) is 2.81. The largest absolute Gasteiger partial charge is 0.481 e. The molecule has 0 aliphatic carbocycles. The number of carbonyl (C=O) groups is 1. The monoisotopic (exact) mass is 329 g/mol. The van der Waals surface area contributed by atoms with E-state index >= 15 is 0 Å². The Labute approximate surface area is 125 Å². The highest BCUT2D eigenvalue weighted by Gasteiger charge is 2.18. The predicted molar refractivity (Wildman–Crippen MR) is 77.6 cm³/mol. The van der Waals surface area contributed by atoms with Crippen molar-refractivity contribution in [1.29, 1.82) is 0 Å². The van der Waals surface area contributed by atoms with E-state index in [9.17, 15) is 17.6 Å². The zero-order valence-corrected chi connectivity index (χ0v) is 12.6. The SMILES string of the molecule is Cc1cc(F)ccc1NS(=O)(=O)c1ccc(CC(=O)O)s1. The van der Waals surface area contributed by atoms with Crippen molar-refractivity contribution >= 4 is 33.0 Å². The van der Waals surface area contributed by atoms with Crippen molar-refractivity contribution in [3.05, 3.63) is 46.6 Å². The minimum atomic E-state index is -3.81. The van der Waals surface area contributed by atoms with Gasteiger partial charge in [0.05, 0.1) is 12.1 Å². The van der Waals surface area contributed by atoms with E-state index < -0.39 is 21.8 Å². The highest BCUT2D eigenvalue weighted by Crippen LogP contribution is 2.26. The van der Waals surface area contributed by atoms with Gasteiger partial charge in [-0.25, -0.2) is 12.8 Å². The van der Waals surface area contributed by atoms with Crippen LogP contribution in [-0.4, -0.2) is 19.5 Å². The molecule has 2 rings (SSSR count). The number of hydrogen-bond acceptors (Lipinski definition) is 4. The molecule has 0 bridgehead atoms. The fourth-order valence-electron chi connectivity index (χ4n) is 1.68. The fourth-order valence-corrected chi connectivity index (χ4v) is 4.16. The summed E-state index contributed by atoms with van der Waals surface area (Å²) in [6.07, 6.45) is -0.226. The zero-order chi connectivity index (χ0) is 15.6. The second-order valence-corrected chi connectivity index (χ2v) is 7.43. The summed E-state index contributed by atoms with van der Waals surface area (Å²) in [6.45, 7) is 1.59. The molecule has 1 aromatic carbocycles. The van der Waals surface area contributed by atoms with Gasteiger partial charge in [-0.2, -0.15) is 0 Å². The molecule has 21 heavy (non-hydrogen) atoms. The van der Waals surface area contributed by atoms with Crippen molar-refractivity contribution in [2.75, 3.05) is 4.72 Å². The smallest absolute Gasteiger partial charge is 0.308 e. The van der Waals surface area contributed by atoms with Crippen molar-refractivity contribution in [3.8, 4) is 0 Å². The van der Waals surface area contributed by atoms with Gasteiger partial charge in [-0.1, -0.05) is 0 Å². The predicted octanol–water partition coefficient (Wildman–Crippen LogP) is 2.62. The minimum absolute atomic E-state index is 0.0162. The highest BCUT2D eigenvalue weighted by atomic mass is 32.2. The number of nitrogens with one attached hydrogen (secondary N) is 1. The summed E-state index contributed by atoms with van der Waals surface area (Å²) in [6, 6.07) is 6.54. The summed E-state index contributed by atoms with van der Waals surface area (Å²) in [4.78, 5) is 11.0. The van der Waals surface area contributed by atoms with Gasteiger partial charge in [0.2, 0.25) is 0 Å². The first-order valence-corrected chi connectivity index (χ1v) is 8.17. The van der Waals surface area contributed by atoms with E-state index in [-0.39, 0.29) is 16.3 Å². The maximum Gasteiger partial charge on any atom is 0.308 e. The number of carboxylic acid groups (broad SMARTS) is 1. The number of thiophene rings is 1. The summed E-state index contributed by atoms with van der Waals surface area (Å²) in [5.74, 6) is -1.47. The van der Waals surface area contributed by atoms with Gasteiger partial charge in [-0.05, 0) is 42.8 Å². The molecule has 1 heterocycles. The van der Waals surface area contributed by atoms with Gasteiger partial charge in [0.25, 0.3) is 10.0 Å². The van der Waals surface area contributed by atoms with Crippen LogP contribution in [0.3, 0.4) is 0 Å². The molecule has 2 N–H and O–H groups in total. The van der Waals surface area contributed by atoms with Crippen LogP contribution in [-0.2, 0) is 21.2 Å². The molecule has 0 atom stereocenters. The topological polar surface area (TPSA) is 83.5 Å². The van der Waals surface area contributed by atoms with Crippen LogP contribution in [0, 0.1) is 12.7 Å². The molecule has 0 amide bonds. The molecule has 8 heteroatoms. The molecule has 0 radical (unpaired) electrons. The number of rotatable bonds is 5. The molecule has 112 valence electrons. The lowest BCUT2D eigenvalue weighted by molar-refractivity contribution is -0.136. The normalized spacial score (nSPS) is 11.3. The maximum absolute atomic E-state index is 13.0. The van der Waals surface area contributed by atoms with Crippen molar-refractivity contribution in [2.45, 2.75) is 17.6 Å². The standard InChI is InChI=1S/C13H12FNO4S2/c1-8-6-9(14)2-4-11(8)15-21(18,19)13-5-3-10(20-13)7-12(16)17/h2-6,15H,7H2,1H3,(H,16,17). The summed E-state index contributed by atoms with van der Waals surface area (Å²) < 4.78 is 39.8. The third-order valence-corrected chi connectivity index (χ3v) is 5.60. The fraction of sp³-hybridized carbons (Fsp3) is 0.154. The van der Waals surface area contributed by atoms with Crippen LogP contribution >= 0.6 is 11.3 Å². The molecule has 0 saturated carbocycles. The number of sulfonamides is 1. The van der Waals surface area contributed by atoms with Crippen molar-refractivity contribution in [3.63, 3.8) is 0 Å². The molecule has 0 aliphatic rings. The van der Waals surface area contributed by atoms with Crippen molar-refractivity contribution in [2.24, 2.45) is 0 Å².